The van der Waals surface area contributed by atoms with E-state index < -0.39 is 0 Å². The van der Waals surface area contributed by atoms with Gasteiger partial charge in [-0.15, -0.1) is 0 Å². The van der Waals surface area contributed by atoms with Crippen LogP contribution in [0, 0.1) is 0 Å². The minimum Gasteiger partial charge on any atom is -0.337 e. The first-order valence-electron chi connectivity index (χ1n) is 9.62. The van der Waals surface area contributed by atoms with Crippen molar-refractivity contribution in [3.63, 3.8) is 0 Å². The Morgan fingerprint density at radius 3 is 2.79 bits per heavy atom. The molecule has 1 aliphatic carbocycles. The summed E-state index contributed by atoms with van der Waals surface area (Å²) in [6, 6.07) is 4.57. The molecule has 5 rings (SSSR count). The van der Waals surface area contributed by atoms with Gasteiger partial charge in [0, 0.05) is 12.5 Å². The fourth-order valence-electron chi connectivity index (χ4n) is 4.20. The summed E-state index contributed by atoms with van der Waals surface area (Å²) in [5.41, 5.74) is 9.82. The Hall–Kier alpha value is -2.09. The maximum absolute atomic E-state index is 6.29. The molecular weight excluding hydrogens is 397 g/mol. The van der Waals surface area contributed by atoms with Gasteiger partial charge in [0.25, 0.3) is 0 Å². The van der Waals surface area contributed by atoms with Crippen LogP contribution in [0.3, 0.4) is 0 Å². The molecule has 3 heterocycles. The van der Waals surface area contributed by atoms with Crippen molar-refractivity contribution in [1.82, 2.24) is 15.0 Å². The molecule has 1 aliphatic heterocycles. The van der Waals surface area contributed by atoms with Gasteiger partial charge in [-0.2, -0.15) is 0 Å². The zero-order valence-corrected chi connectivity index (χ0v) is 16.8. The number of hydrogen-bond acceptors (Lipinski definition) is 5. The van der Waals surface area contributed by atoms with E-state index in [0.717, 1.165) is 61.6 Å². The van der Waals surface area contributed by atoms with Crippen molar-refractivity contribution < 1.29 is 4.98 Å². The molecule has 0 bridgehead atoms. The number of halogens is 2. The summed E-state index contributed by atoms with van der Waals surface area (Å²) in [5, 5.41) is 4.68. The van der Waals surface area contributed by atoms with Gasteiger partial charge in [0.15, 0.2) is 5.52 Å². The fourth-order valence-corrected chi connectivity index (χ4v) is 4.54. The van der Waals surface area contributed by atoms with Crippen molar-refractivity contribution in [3.05, 3.63) is 34.1 Å². The van der Waals surface area contributed by atoms with E-state index in [-0.39, 0.29) is 0 Å². The molecule has 0 radical (unpaired) electrons. The van der Waals surface area contributed by atoms with Gasteiger partial charge in [0.05, 0.1) is 34.6 Å². The number of imidazole rings is 1. The van der Waals surface area contributed by atoms with Gasteiger partial charge < -0.3 is 10.7 Å². The quantitative estimate of drug-likeness (QED) is 0.604. The monoisotopic (exact) mass is 418 g/mol. The van der Waals surface area contributed by atoms with Crippen LogP contribution >= 0.6 is 23.2 Å². The molecular formula is C19H22Cl2N7+. The van der Waals surface area contributed by atoms with Crippen LogP contribution in [0.1, 0.15) is 31.2 Å². The minimum atomic E-state index is 0.317. The van der Waals surface area contributed by atoms with Gasteiger partial charge in [0.1, 0.15) is 0 Å². The van der Waals surface area contributed by atoms with Crippen LogP contribution in [0.15, 0.2) is 18.5 Å². The van der Waals surface area contributed by atoms with Gasteiger partial charge in [-0.25, -0.2) is 9.97 Å². The number of aromatic amines is 2. The van der Waals surface area contributed by atoms with Crippen molar-refractivity contribution in [3.8, 4) is 0 Å². The van der Waals surface area contributed by atoms with Crippen LogP contribution in [0.2, 0.25) is 10.0 Å². The third-order valence-corrected chi connectivity index (χ3v) is 6.43. The lowest BCUT2D eigenvalue weighted by Gasteiger charge is -2.25. The van der Waals surface area contributed by atoms with E-state index in [9.17, 15) is 0 Å². The molecule has 2 aromatic heterocycles. The van der Waals surface area contributed by atoms with Crippen molar-refractivity contribution in [2.24, 2.45) is 5.73 Å². The highest BCUT2D eigenvalue weighted by molar-refractivity contribution is 6.42. The second-order valence-electron chi connectivity index (χ2n) is 7.59. The zero-order chi connectivity index (χ0) is 19.3. The van der Waals surface area contributed by atoms with Crippen molar-refractivity contribution >= 4 is 51.8 Å². The Labute approximate surface area is 172 Å². The number of nitrogens with one attached hydrogen (secondary N) is 3. The van der Waals surface area contributed by atoms with E-state index in [1.807, 2.05) is 12.1 Å². The molecule has 7 nitrogen and oxygen atoms in total. The van der Waals surface area contributed by atoms with Crippen LogP contribution in [0.5, 0.6) is 0 Å². The summed E-state index contributed by atoms with van der Waals surface area (Å²) in [6.45, 7) is 0.832. The smallest absolute Gasteiger partial charge is 0.337 e. The molecule has 0 saturated heterocycles. The average molecular weight is 419 g/mol. The first-order chi connectivity index (χ1) is 13.6. The first-order valence-corrected chi connectivity index (χ1v) is 10.4. The highest BCUT2D eigenvalue weighted by Gasteiger charge is 2.30. The summed E-state index contributed by atoms with van der Waals surface area (Å²) in [5.74, 6) is 1.65. The van der Waals surface area contributed by atoms with E-state index in [4.69, 9.17) is 28.9 Å². The molecule has 9 heteroatoms. The van der Waals surface area contributed by atoms with Gasteiger partial charge >= 0.3 is 5.95 Å². The Bertz CT molecular complexity index is 1030. The standard InChI is InChI=1S/C19H21Cl2N7/c20-13-7-10-5-6-28(15(10)8-14(13)21)18-16-17(24-9-23-16)26-19(27-18)25-12-3-1-11(22)2-4-12/h7-9,11-12H,1-6,22H2,(H2,23,24,25,26,27)/p+1. The summed E-state index contributed by atoms with van der Waals surface area (Å²) >= 11 is 12.5. The molecule has 0 unspecified atom stereocenters. The second kappa shape index (κ2) is 7.06. The summed E-state index contributed by atoms with van der Waals surface area (Å²) < 4.78 is 0. The number of fused-ring (bicyclic) bond motifs is 2. The van der Waals surface area contributed by atoms with E-state index in [2.05, 4.69) is 30.2 Å². The number of hydrogen-bond donors (Lipinski definition) is 3. The third kappa shape index (κ3) is 3.17. The minimum absolute atomic E-state index is 0.317. The number of nitrogens with zero attached hydrogens (tertiary/aromatic N) is 3. The molecule has 1 saturated carbocycles. The highest BCUT2D eigenvalue weighted by atomic mass is 35.5. The van der Waals surface area contributed by atoms with Crippen LogP contribution in [0.25, 0.3) is 11.2 Å². The molecule has 0 amide bonds. The Morgan fingerprint density at radius 1 is 1.18 bits per heavy atom. The largest absolute Gasteiger partial charge is 0.347 e. The number of benzene rings is 1. The maximum atomic E-state index is 6.29. The predicted molar refractivity (Wildman–Crippen MR) is 111 cm³/mol. The zero-order valence-electron chi connectivity index (χ0n) is 15.3. The van der Waals surface area contributed by atoms with E-state index in [0.29, 0.717) is 27.8 Å². The first kappa shape index (κ1) is 18.0. The molecule has 0 atom stereocenters. The molecule has 0 spiro atoms. The lowest BCUT2D eigenvalue weighted by atomic mass is 9.92. The molecule has 5 N–H and O–H groups in total. The SMILES string of the molecule is NC1CCC(Nc2nc3nc[nH]c3c(N3CCc4cc(Cl)c(Cl)cc43)[nH+]2)CC1. The molecule has 3 aromatic rings. The van der Waals surface area contributed by atoms with Gasteiger partial charge in [-0.05, 0) is 43.4 Å². The second-order valence-corrected chi connectivity index (χ2v) is 8.40. The van der Waals surface area contributed by atoms with E-state index >= 15 is 0 Å². The Morgan fingerprint density at radius 2 is 1.96 bits per heavy atom. The Balaban J connectivity index is 1.52. The van der Waals surface area contributed by atoms with Crippen LogP contribution in [0.4, 0.5) is 17.5 Å². The van der Waals surface area contributed by atoms with Crippen LogP contribution in [-0.2, 0) is 6.42 Å². The Kier molecular flexibility index (Phi) is 4.53. The van der Waals surface area contributed by atoms with Crippen molar-refractivity contribution in [1.29, 1.82) is 0 Å². The highest BCUT2D eigenvalue weighted by Crippen LogP contribution is 2.39. The molecule has 1 aromatic carbocycles. The van der Waals surface area contributed by atoms with E-state index in [1.165, 1.54) is 5.56 Å². The molecule has 28 heavy (non-hydrogen) atoms. The number of nitrogens with two attached hydrogens (primary N) is 1. The predicted octanol–water partition coefficient (Wildman–Crippen LogP) is 3.45. The summed E-state index contributed by atoms with van der Waals surface area (Å²) in [7, 11) is 0. The summed E-state index contributed by atoms with van der Waals surface area (Å²) in [4.78, 5) is 17.9. The lowest BCUT2D eigenvalue weighted by molar-refractivity contribution is -0.348. The summed E-state index contributed by atoms with van der Waals surface area (Å²) in [6.07, 6.45) is 6.74. The lowest BCUT2D eigenvalue weighted by Crippen LogP contribution is -2.35. The number of H-pyrrole nitrogens is 2. The van der Waals surface area contributed by atoms with Crippen LogP contribution in [-0.4, -0.2) is 33.6 Å². The number of anilines is 3. The average Bonchev–Trinajstić information content (AvgIpc) is 3.30. The topological polar surface area (TPSA) is 97.0 Å². The van der Waals surface area contributed by atoms with E-state index in [1.54, 1.807) is 6.33 Å². The third-order valence-electron chi connectivity index (χ3n) is 5.71. The van der Waals surface area contributed by atoms with Crippen molar-refractivity contribution in [2.45, 2.75) is 44.2 Å². The van der Waals surface area contributed by atoms with Crippen molar-refractivity contribution in [2.75, 3.05) is 16.8 Å². The van der Waals surface area contributed by atoms with Crippen LogP contribution < -0.4 is 20.9 Å². The molecule has 146 valence electrons. The van der Waals surface area contributed by atoms with Gasteiger partial charge in [-0.3, -0.25) is 10.2 Å². The fraction of sp³-hybridized carbons (Fsp3) is 0.421. The van der Waals surface area contributed by atoms with Gasteiger partial charge in [-0.1, -0.05) is 28.2 Å². The molecule has 2 aliphatic rings. The van der Waals surface area contributed by atoms with Gasteiger partial charge in [0.2, 0.25) is 11.5 Å². The molecule has 1 fully saturated rings. The number of rotatable bonds is 3. The normalized spacial score (nSPS) is 21.9. The number of aromatic nitrogens is 4. The maximum Gasteiger partial charge on any atom is 0.347 e.